The second-order valence-electron chi connectivity index (χ2n) is 8.78. The van der Waals surface area contributed by atoms with Gasteiger partial charge in [-0.1, -0.05) is 36.4 Å². The summed E-state index contributed by atoms with van der Waals surface area (Å²) in [6, 6.07) is 15.6. The van der Waals surface area contributed by atoms with E-state index in [2.05, 4.69) is 14.9 Å². The Labute approximate surface area is 217 Å². The van der Waals surface area contributed by atoms with E-state index >= 15 is 0 Å². The van der Waals surface area contributed by atoms with Crippen molar-refractivity contribution in [1.29, 1.82) is 0 Å². The molecule has 9 nitrogen and oxygen atoms in total. The lowest BCUT2D eigenvalue weighted by atomic mass is 9.95. The Hall–Kier alpha value is -4.18. The van der Waals surface area contributed by atoms with E-state index in [-0.39, 0.29) is 11.5 Å². The molecular formula is C27H25N5O4S. The molecule has 2 aromatic carbocycles. The molecular weight excluding hydrogens is 490 g/mol. The number of nitrogens with one attached hydrogen (secondary N) is 1. The van der Waals surface area contributed by atoms with Crippen molar-refractivity contribution in [1.82, 2.24) is 14.5 Å². The Morgan fingerprint density at radius 2 is 1.57 bits per heavy atom. The van der Waals surface area contributed by atoms with Crippen LogP contribution in [0, 0.1) is 10.1 Å². The Kier molecular flexibility index (Phi) is 6.66. The van der Waals surface area contributed by atoms with E-state index in [1.807, 2.05) is 72.5 Å². The van der Waals surface area contributed by atoms with Gasteiger partial charge < -0.3 is 9.13 Å². The summed E-state index contributed by atoms with van der Waals surface area (Å²) >= 11 is 1.29. The molecule has 0 unspecified atom stereocenters. The third-order valence-electron chi connectivity index (χ3n) is 6.50. The average molecular weight is 516 g/mol. The molecule has 4 aromatic rings. The smallest absolute Gasteiger partial charge is 0.259 e. The van der Waals surface area contributed by atoms with Gasteiger partial charge in [-0.05, 0) is 24.8 Å². The van der Waals surface area contributed by atoms with Crippen LogP contribution in [0.15, 0.2) is 65.9 Å². The molecule has 10 heteroatoms. The van der Waals surface area contributed by atoms with Crippen LogP contribution in [0.25, 0.3) is 33.0 Å². The predicted molar refractivity (Wildman–Crippen MR) is 147 cm³/mol. The molecule has 5 rings (SSSR count). The summed E-state index contributed by atoms with van der Waals surface area (Å²) in [5, 5.41) is 15.6. The van der Waals surface area contributed by atoms with Gasteiger partial charge in [-0.3, -0.25) is 30.0 Å². The van der Waals surface area contributed by atoms with Crippen molar-refractivity contribution in [3.63, 3.8) is 0 Å². The number of carbonyl (C=O) groups is 2. The predicted octanol–water partition coefficient (Wildman–Crippen LogP) is 4.13. The number of imide groups is 1. The SMILES string of the molecule is CSC(C[N+](=O)[O-])=NCCCn1cc(C2=C(c3cn(C)c4ccccc34)C(=O)NC2=O)c2ccccc21. The first-order chi connectivity index (χ1) is 17.9. The van der Waals surface area contributed by atoms with E-state index in [1.165, 1.54) is 11.8 Å². The van der Waals surface area contributed by atoms with Crippen molar-refractivity contribution in [2.75, 3.05) is 19.3 Å². The van der Waals surface area contributed by atoms with E-state index < -0.39 is 11.8 Å². The van der Waals surface area contributed by atoms with Gasteiger partial charge in [0.1, 0.15) is 5.04 Å². The van der Waals surface area contributed by atoms with Crippen molar-refractivity contribution < 1.29 is 14.5 Å². The topological polar surface area (TPSA) is 112 Å². The van der Waals surface area contributed by atoms with Crippen LogP contribution in [0.5, 0.6) is 0 Å². The monoisotopic (exact) mass is 515 g/mol. The fraction of sp³-hybridized carbons (Fsp3) is 0.222. The van der Waals surface area contributed by atoms with Gasteiger partial charge in [0.05, 0.1) is 11.1 Å². The minimum Gasteiger partial charge on any atom is -0.350 e. The zero-order valence-corrected chi connectivity index (χ0v) is 21.2. The number of hydrogen-bond donors (Lipinski definition) is 1. The van der Waals surface area contributed by atoms with Crippen molar-refractivity contribution in [3.8, 4) is 0 Å². The summed E-state index contributed by atoms with van der Waals surface area (Å²) in [4.78, 5) is 41.0. The Balaban J connectivity index is 1.56. The number of fused-ring (bicyclic) bond motifs is 2. The number of rotatable bonds is 8. The van der Waals surface area contributed by atoms with E-state index in [0.29, 0.717) is 41.3 Å². The lowest BCUT2D eigenvalue weighted by Crippen LogP contribution is -2.22. The number of nitro groups is 1. The summed E-state index contributed by atoms with van der Waals surface area (Å²) in [6.07, 6.45) is 6.26. The number of aryl methyl sites for hydroxylation is 2. The summed E-state index contributed by atoms with van der Waals surface area (Å²) in [5.74, 6) is -0.817. The van der Waals surface area contributed by atoms with Crippen LogP contribution in [0.1, 0.15) is 17.5 Å². The number of hydrogen-bond acceptors (Lipinski definition) is 6. The van der Waals surface area contributed by atoms with Gasteiger partial charge in [-0.15, -0.1) is 11.8 Å². The van der Waals surface area contributed by atoms with E-state index in [4.69, 9.17) is 0 Å². The molecule has 0 bridgehead atoms. The van der Waals surface area contributed by atoms with Gasteiger partial charge in [0.2, 0.25) is 0 Å². The van der Waals surface area contributed by atoms with Crippen molar-refractivity contribution in [2.45, 2.75) is 13.0 Å². The lowest BCUT2D eigenvalue weighted by molar-refractivity contribution is -0.462. The number of nitrogens with zero attached hydrogens (tertiary/aromatic N) is 4. The Morgan fingerprint density at radius 1 is 0.973 bits per heavy atom. The third kappa shape index (κ3) is 4.55. The number of para-hydroxylation sites is 2. The zero-order chi connectivity index (χ0) is 26.1. The fourth-order valence-electron chi connectivity index (χ4n) is 4.88. The van der Waals surface area contributed by atoms with Crippen LogP contribution < -0.4 is 5.32 Å². The van der Waals surface area contributed by atoms with Crippen LogP contribution in [-0.4, -0.2) is 50.3 Å². The quantitative estimate of drug-likeness (QED) is 0.0947. The maximum absolute atomic E-state index is 13.1. The Bertz CT molecular complexity index is 1630. The first-order valence-electron chi connectivity index (χ1n) is 11.8. The normalized spacial score (nSPS) is 14.3. The molecule has 0 fully saturated rings. The van der Waals surface area contributed by atoms with Gasteiger partial charge in [0.25, 0.3) is 18.4 Å². The molecule has 2 aromatic heterocycles. The van der Waals surface area contributed by atoms with E-state index in [1.54, 1.807) is 6.26 Å². The summed E-state index contributed by atoms with van der Waals surface area (Å²) in [7, 11) is 1.92. The average Bonchev–Trinajstić information content (AvgIpc) is 3.51. The fourth-order valence-corrected chi connectivity index (χ4v) is 5.33. The van der Waals surface area contributed by atoms with Gasteiger partial charge in [-0.2, -0.15) is 0 Å². The highest BCUT2D eigenvalue weighted by molar-refractivity contribution is 8.13. The molecule has 0 saturated carbocycles. The van der Waals surface area contributed by atoms with Crippen LogP contribution >= 0.6 is 11.8 Å². The minimum absolute atomic E-state index is 0.272. The zero-order valence-electron chi connectivity index (χ0n) is 20.4. The molecule has 3 heterocycles. The summed E-state index contributed by atoms with van der Waals surface area (Å²) < 4.78 is 4.01. The highest BCUT2D eigenvalue weighted by Crippen LogP contribution is 2.38. The molecule has 0 radical (unpaired) electrons. The maximum Gasteiger partial charge on any atom is 0.259 e. The number of aliphatic imine (C=N–C) groups is 1. The number of carbonyl (C=O) groups excluding carboxylic acids is 2. The van der Waals surface area contributed by atoms with Gasteiger partial charge in [0.15, 0.2) is 0 Å². The molecule has 2 amide bonds. The summed E-state index contributed by atoms with van der Waals surface area (Å²) in [6.45, 7) is 0.789. The molecule has 0 atom stereocenters. The van der Waals surface area contributed by atoms with Gasteiger partial charge in [0, 0.05) is 70.4 Å². The lowest BCUT2D eigenvalue weighted by Gasteiger charge is -2.04. The largest absolute Gasteiger partial charge is 0.350 e. The Morgan fingerprint density at radius 3 is 2.22 bits per heavy atom. The van der Waals surface area contributed by atoms with Crippen LogP contribution in [0.3, 0.4) is 0 Å². The highest BCUT2D eigenvalue weighted by Gasteiger charge is 2.35. The standard InChI is InChI=1S/C27H25N5O4S/c1-30-14-19(17-8-3-5-10-21(17)30)24-25(27(34)29-26(24)33)20-15-31(22-11-6-4-9-18(20)22)13-7-12-28-23(37-2)16-32(35)36/h3-6,8-11,14-15H,7,12-13,16H2,1-2H3,(H,29,33,34). The van der Waals surface area contributed by atoms with E-state index in [0.717, 1.165) is 27.4 Å². The maximum atomic E-state index is 13.1. The first-order valence-corrected chi connectivity index (χ1v) is 13.0. The van der Waals surface area contributed by atoms with Gasteiger partial charge >= 0.3 is 0 Å². The van der Waals surface area contributed by atoms with Crippen molar-refractivity contribution >= 4 is 61.6 Å². The van der Waals surface area contributed by atoms with Crippen LogP contribution in [0.2, 0.25) is 0 Å². The van der Waals surface area contributed by atoms with Crippen LogP contribution in [-0.2, 0) is 23.2 Å². The molecule has 37 heavy (non-hydrogen) atoms. The second-order valence-corrected chi connectivity index (χ2v) is 9.66. The van der Waals surface area contributed by atoms with Crippen LogP contribution in [0.4, 0.5) is 0 Å². The molecule has 188 valence electrons. The first kappa shape index (κ1) is 24.5. The minimum atomic E-state index is -0.412. The number of benzene rings is 2. The molecule has 0 aliphatic carbocycles. The molecule has 0 saturated heterocycles. The molecule has 1 aliphatic rings. The van der Waals surface area contributed by atoms with Crippen molar-refractivity contribution in [3.05, 3.63) is 82.2 Å². The number of aromatic nitrogens is 2. The summed E-state index contributed by atoms with van der Waals surface area (Å²) in [5.41, 5.74) is 4.07. The van der Waals surface area contributed by atoms with E-state index in [9.17, 15) is 19.7 Å². The van der Waals surface area contributed by atoms with Crippen molar-refractivity contribution in [2.24, 2.45) is 12.0 Å². The number of amides is 2. The third-order valence-corrected chi connectivity index (χ3v) is 7.23. The van der Waals surface area contributed by atoms with Gasteiger partial charge in [-0.25, -0.2) is 0 Å². The second kappa shape index (κ2) is 10.1. The molecule has 1 aliphatic heterocycles. The highest BCUT2D eigenvalue weighted by atomic mass is 32.2. The molecule has 0 spiro atoms. The number of thioether (sulfide) groups is 1. The molecule has 1 N–H and O–H groups in total.